The number of nitrogens with one attached hydrogen (secondary N) is 2. The Hall–Kier alpha value is -1.95. The number of rotatable bonds is 5. The van der Waals surface area contributed by atoms with E-state index in [1.165, 1.54) is 7.11 Å². The fraction of sp³-hybridized carbons (Fsp3) is 0.222. The van der Waals surface area contributed by atoms with Crippen LogP contribution in [0.15, 0.2) is 48.5 Å². The van der Waals surface area contributed by atoms with Crippen LogP contribution in [0.1, 0.15) is 26.3 Å². The summed E-state index contributed by atoms with van der Waals surface area (Å²) in [5, 5.41) is 5.52. The maximum absolute atomic E-state index is 12.5. The molecule has 0 aliphatic carbocycles. The molecule has 0 fully saturated rings. The summed E-state index contributed by atoms with van der Waals surface area (Å²) >= 11 is 18.0. The van der Waals surface area contributed by atoms with E-state index in [0.717, 1.165) is 5.56 Å². The van der Waals surface area contributed by atoms with Gasteiger partial charge in [0.2, 0.25) is 3.79 Å². The molecule has 0 bridgehead atoms. The van der Waals surface area contributed by atoms with Crippen molar-refractivity contribution in [2.75, 3.05) is 12.4 Å². The molecular weight excluding hydrogens is 399 g/mol. The number of carbonyl (C=O) groups excluding carboxylic acids is 2. The number of para-hydroxylation sites is 1. The van der Waals surface area contributed by atoms with E-state index in [2.05, 4.69) is 10.6 Å². The lowest BCUT2D eigenvalue weighted by Crippen LogP contribution is -2.49. The zero-order chi connectivity index (χ0) is 19.3. The van der Waals surface area contributed by atoms with Crippen LogP contribution in [0.3, 0.4) is 0 Å². The highest BCUT2D eigenvalue weighted by molar-refractivity contribution is 6.68. The Kier molecular flexibility index (Phi) is 6.75. The average Bonchev–Trinajstić information content (AvgIpc) is 2.60. The summed E-state index contributed by atoms with van der Waals surface area (Å²) < 4.78 is 2.87. The van der Waals surface area contributed by atoms with Crippen molar-refractivity contribution in [1.82, 2.24) is 5.32 Å². The molecule has 138 valence electrons. The second-order valence-corrected chi connectivity index (χ2v) is 7.87. The quantitative estimate of drug-likeness (QED) is 0.433. The van der Waals surface area contributed by atoms with E-state index in [1.807, 2.05) is 13.0 Å². The van der Waals surface area contributed by atoms with Crippen molar-refractivity contribution in [1.29, 1.82) is 0 Å². The summed E-state index contributed by atoms with van der Waals surface area (Å²) in [5.74, 6) is -0.978. The molecule has 0 heterocycles. The smallest absolute Gasteiger partial charge is 0.339 e. The topological polar surface area (TPSA) is 67.4 Å². The highest BCUT2D eigenvalue weighted by atomic mass is 35.6. The Bertz CT molecular complexity index is 806. The van der Waals surface area contributed by atoms with Crippen LogP contribution in [0.4, 0.5) is 5.69 Å². The average molecular weight is 416 g/mol. The van der Waals surface area contributed by atoms with Gasteiger partial charge >= 0.3 is 5.97 Å². The van der Waals surface area contributed by atoms with Crippen LogP contribution in [0, 0.1) is 6.92 Å². The molecule has 1 amide bonds. The number of alkyl halides is 3. The van der Waals surface area contributed by atoms with Crippen molar-refractivity contribution in [3.63, 3.8) is 0 Å². The lowest BCUT2D eigenvalue weighted by Gasteiger charge is -2.28. The van der Waals surface area contributed by atoms with Gasteiger partial charge in [-0.05, 0) is 31.2 Å². The van der Waals surface area contributed by atoms with E-state index in [4.69, 9.17) is 39.5 Å². The Morgan fingerprint density at radius 1 is 1.08 bits per heavy atom. The molecule has 8 heteroatoms. The molecular formula is C18H17Cl3N2O3. The molecule has 0 spiro atoms. The number of halogens is 3. The number of amides is 1. The largest absolute Gasteiger partial charge is 0.465 e. The summed E-state index contributed by atoms with van der Waals surface area (Å²) in [6, 6.07) is 13.6. The maximum atomic E-state index is 12.5. The van der Waals surface area contributed by atoms with Crippen LogP contribution < -0.4 is 10.6 Å². The first-order valence-corrected chi connectivity index (χ1v) is 8.74. The Morgan fingerprint density at radius 2 is 1.77 bits per heavy atom. The Labute approximate surface area is 166 Å². The second-order valence-electron chi connectivity index (χ2n) is 5.50. The van der Waals surface area contributed by atoms with Gasteiger partial charge in [-0.15, -0.1) is 0 Å². The van der Waals surface area contributed by atoms with E-state index in [-0.39, 0.29) is 5.56 Å². The van der Waals surface area contributed by atoms with E-state index < -0.39 is 21.8 Å². The third-order valence-electron chi connectivity index (χ3n) is 3.52. The third kappa shape index (κ3) is 5.27. The number of ether oxygens (including phenoxy) is 1. The number of methoxy groups -OCH3 is 1. The van der Waals surface area contributed by atoms with Crippen molar-refractivity contribution in [3.05, 3.63) is 65.2 Å². The SMILES string of the molecule is COC(=O)c1ccccc1N[C@H](NC(=O)c1cccc(C)c1)C(Cl)(Cl)Cl. The Morgan fingerprint density at radius 3 is 2.38 bits per heavy atom. The van der Waals surface area contributed by atoms with Crippen molar-refractivity contribution in [2.45, 2.75) is 16.9 Å². The number of esters is 1. The van der Waals surface area contributed by atoms with Gasteiger partial charge in [-0.2, -0.15) is 0 Å². The van der Waals surface area contributed by atoms with Gasteiger partial charge in [0.15, 0.2) is 0 Å². The first-order chi connectivity index (χ1) is 12.2. The van der Waals surface area contributed by atoms with Crippen LogP contribution in [0.5, 0.6) is 0 Å². The molecule has 5 nitrogen and oxygen atoms in total. The van der Waals surface area contributed by atoms with Gasteiger partial charge in [-0.1, -0.05) is 64.6 Å². The van der Waals surface area contributed by atoms with Gasteiger partial charge in [-0.25, -0.2) is 4.79 Å². The van der Waals surface area contributed by atoms with Crippen molar-refractivity contribution in [3.8, 4) is 0 Å². The molecule has 0 unspecified atom stereocenters. The molecule has 0 saturated carbocycles. The van der Waals surface area contributed by atoms with E-state index in [1.54, 1.807) is 42.5 Å². The van der Waals surface area contributed by atoms with Crippen LogP contribution in [-0.2, 0) is 4.74 Å². The summed E-state index contributed by atoms with van der Waals surface area (Å²) in [4.78, 5) is 24.4. The monoisotopic (exact) mass is 414 g/mol. The first-order valence-electron chi connectivity index (χ1n) is 7.60. The summed E-state index contributed by atoms with van der Waals surface area (Å²) in [7, 11) is 1.27. The zero-order valence-electron chi connectivity index (χ0n) is 14.1. The molecule has 0 aliphatic rings. The second kappa shape index (κ2) is 8.62. The molecule has 2 N–H and O–H groups in total. The predicted molar refractivity (Wildman–Crippen MR) is 104 cm³/mol. The molecule has 2 aromatic rings. The van der Waals surface area contributed by atoms with Crippen LogP contribution in [0.25, 0.3) is 0 Å². The fourth-order valence-corrected chi connectivity index (χ4v) is 2.58. The van der Waals surface area contributed by atoms with Gasteiger partial charge in [0.1, 0.15) is 6.17 Å². The minimum absolute atomic E-state index is 0.249. The van der Waals surface area contributed by atoms with E-state index >= 15 is 0 Å². The number of hydrogen-bond acceptors (Lipinski definition) is 4. The van der Waals surface area contributed by atoms with Crippen molar-refractivity contribution in [2.24, 2.45) is 0 Å². The summed E-state index contributed by atoms with van der Waals surface area (Å²) in [6.07, 6.45) is -1.09. The van der Waals surface area contributed by atoms with Gasteiger partial charge in [0.05, 0.1) is 18.4 Å². The predicted octanol–water partition coefficient (Wildman–Crippen LogP) is 4.32. The van der Waals surface area contributed by atoms with Gasteiger partial charge < -0.3 is 15.4 Å². The van der Waals surface area contributed by atoms with Gasteiger partial charge in [0.25, 0.3) is 5.91 Å². The van der Waals surface area contributed by atoms with Crippen LogP contribution >= 0.6 is 34.8 Å². The van der Waals surface area contributed by atoms with Crippen LogP contribution in [-0.4, -0.2) is 28.9 Å². The number of benzene rings is 2. The lowest BCUT2D eigenvalue weighted by atomic mass is 10.1. The van der Waals surface area contributed by atoms with Gasteiger partial charge in [-0.3, -0.25) is 4.79 Å². The van der Waals surface area contributed by atoms with Crippen LogP contribution in [0.2, 0.25) is 0 Å². The first kappa shape index (κ1) is 20.4. The normalized spacial score (nSPS) is 12.2. The number of anilines is 1. The zero-order valence-corrected chi connectivity index (χ0v) is 16.3. The minimum atomic E-state index is -1.87. The molecule has 2 aromatic carbocycles. The number of aryl methyl sites for hydroxylation is 1. The molecule has 0 aliphatic heterocycles. The van der Waals surface area contributed by atoms with E-state index in [0.29, 0.717) is 11.3 Å². The van der Waals surface area contributed by atoms with Crippen molar-refractivity contribution >= 4 is 52.4 Å². The standard InChI is InChI=1S/C18H17Cl3N2O3/c1-11-6-5-7-12(10-11)15(24)23-17(18(19,20)21)22-14-9-4-3-8-13(14)16(25)26-2/h3-10,17,22H,1-2H3,(H,23,24)/t17-/m1/s1. The van der Waals surface area contributed by atoms with E-state index in [9.17, 15) is 9.59 Å². The number of carbonyl (C=O) groups is 2. The third-order valence-corrected chi connectivity index (χ3v) is 4.17. The highest BCUT2D eigenvalue weighted by Gasteiger charge is 2.35. The molecule has 0 aromatic heterocycles. The van der Waals surface area contributed by atoms with Crippen molar-refractivity contribution < 1.29 is 14.3 Å². The summed E-state index contributed by atoms with van der Waals surface area (Å²) in [6.45, 7) is 1.87. The molecule has 2 rings (SSSR count). The number of hydrogen-bond donors (Lipinski definition) is 2. The lowest BCUT2D eigenvalue weighted by molar-refractivity contribution is 0.0601. The molecule has 1 atom stereocenters. The molecule has 26 heavy (non-hydrogen) atoms. The minimum Gasteiger partial charge on any atom is -0.465 e. The van der Waals surface area contributed by atoms with Gasteiger partial charge in [0, 0.05) is 5.56 Å². The molecule has 0 radical (unpaired) electrons. The molecule has 0 saturated heterocycles. The highest BCUT2D eigenvalue weighted by Crippen LogP contribution is 2.32. The Balaban J connectivity index is 2.27. The summed E-state index contributed by atoms with van der Waals surface area (Å²) in [5.41, 5.74) is 1.96. The fourth-order valence-electron chi connectivity index (χ4n) is 2.25. The maximum Gasteiger partial charge on any atom is 0.339 e.